The number of hydrogen-bond acceptors (Lipinski definition) is 6. The highest BCUT2D eigenvalue weighted by Crippen LogP contribution is 2.29. The van der Waals surface area contributed by atoms with Crippen molar-refractivity contribution in [1.82, 2.24) is 0 Å². The Hall–Kier alpha value is -2.91. The van der Waals surface area contributed by atoms with Crippen molar-refractivity contribution in [2.45, 2.75) is 11.4 Å². The molecule has 0 radical (unpaired) electrons. The molecule has 27 heavy (non-hydrogen) atoms. The van der Waals surface area contributed by atoms with Crippen molar-refractivity contribution in [2.75, 3.05) is 11.4 Å². The van der Waals surface area contributed by atoms with Gasteiger partial charge in [-0.05, 0) is 47.8 Å². The number of nitro groups is 1. The normalized spacial score (nSPS) is 11.1. The molecular weight excluding hydrogens is 388 g/mol. The van der Waals surface area contributed by atoms with Gasteiger partial charge in [-0.1, -0.05) is 6.07 Å². The molecule has 0 saturated heterocycles. The molecule has 0 amide bonds. The molecule has 1 heterocycles. The van der Waals surface area contributed by atoms with E-state index in [4.69, 9.17) is 4.74 Å². The van der Waals surface area contributed by atoms with Crippen LogP contribution in [0, 0.1) is 10.1 Å². The zero-order valence-electron chi connectivity index (χ0n) is 14.3. The predicted molar refractivity (Wildman–Crippen MR) is 104 cm³/mol. The second-order valence-electron chi connectivity index (χ2n) is 5.54. The quantitative estimate of drug-likeness (QED) is 0.438. The average molecular weight is 404 g/mol. The molecule has 0 atom stereocenters. The number of sulfonamides is 1. The van der Waals surface area contributed by atoms with Crippen molar-refractivity contribution in [2.24, 2.45) is 0 Å². The summed E-state index contributed by atoms with van der Waals surface area (Å²) in [5.74, 6) is 0.613. The molecule has 9 heteroatoms. The number of thiophene rings is 1. The Morgan fingerprint density at radius 3 is 2.26 bits per heavy atom. The highest BCUT2D eigenvalue weighted by molar-refractivity contribution is 7.92. The van der Waals surface area contributed by atoms with Crippen LogP contribution in [0.2, 0.25) is 0 Å². The van der Waals surface area contributed by atoms with Crippen LogP contribution in [-0.4, -0.2) is 20.5 Å². The zero-order valence-corrected chi connectivity index (χ0v) is 15.9. The minimum atomic E-state index is -3.92. The van der Waals surface area contributed by atoms with Crippen molar-refractivity contribution < 1.29 is 18.1 Å². The van der Waals surface area contributed by atoms with Crippen molar-refractivity contribution in [3.63, 3.8) is 0 Å². The highest BCUT2D eigenvalue weighted by Gasteiger charge is 2.26. The van der Waals surface area contributed by atoms with Crippen LogP contribution in [0.1, 0.15) is 4.88 Å². The monoisotopic (exact) mass is 404 g/mol. The Morgan fingerprint density at radius 1 is 1.07 bits per heavy atom. The average Bonchev–Trinajstić information content (AvgIpc) is 3.19. The summed E-state index contributed by atoms with van der Waals surface area (Å²) in [6.07, 6.45) is 0. The van der Waals surface area contributed by atoms with Crippen LogP contribution < -0.4 is 9.04 Å². The fourth-order valence-electron chi connectivity index (χ4n) is 2.47. The van der Waals surface area contributed by atoms with Gasteiger partial charge in [-0.3, -0.25) is 14.4 Å². The number of ether oxygens (including phenoxy) is 1. The van der Waals surface area contributed by atoms with E-state index in [-0.39, 0.29) is 17.1 Å². The number of nitro benzene ring substituents is 1. The van der Waals surface area contributed by atoms with Gasteiger partial charge < -0.3 is 4.74 Å². The van der Waals surface area contributed by atoms with Gasteiger partial charge in [-0.15, -0.1) is 11.3 Å². The van der Waals surface area contributed by atoms with Crippen molar-refractivity contribution >= 4 is 32.7 Å². The second kappa shape index (κ2) is 7.77. The van der Waals surface area contributed by atoms with Gasteiger partial charge in [0.2, 0.25) is 0 Å². The predicted octanol–water partition coefficient (Wildman–Crippen LogP) is 4.06. The van der Waals surface area contributed by atoms with E-state index in [0.29, 0.717) is 11.4 Å². The van der Waals surface area contributed by atoms with Gasteiger partial charge in [0, 0.05) is 17.0 Å². The van der Waals surface area contributed by atoms with E-state index >= 15 is 0 Å². The molecule has 0 fully saturated rings. The van der Waals surface area contributed by atoms with Crippen molar-refractivity contribution in [3.8, 4) is 5.75 Å². The van der Waals surface area contributed by atoms with Gasteiger partial charge in [0.25, 0.3) is 15.7 Å². The summed E-state index contributed by atoms with van der Waals surface area (Å²) < 4.78 is 32.9. The Labute approximate surface area is 160 Å². The Balaban J connectivity index is 2.02. The molecule has 0 bridgehead atoms. The van der Waals surface area contributed by atoms with Gasteiger partial charge in [0.15, 0.2) is 0 Å². The maximum Gasteiger partial charge on any atom is 0.269 e. The first-order valence-corrected chi connectivity index (χ1v) is 10.2. The van der Waals surface area contributed by atoms with Crippen LogP contribution in [0.3, 0.4) is 0 Å². The molecule has 1 aromatic heterocycles. The van der Waals surface area contributed by atoms with E-state index in [1.165, 1.54) is 47.0 Å². The number of anilines is 1. The fourth-order valence-corrected chi connectivity index (χ4v) is 4.69. The Bertz CT molecular complexity index is 1010. The molecule has 0 unspecified atom stereocenters. The molecule has 2 aromatic carbocycles. The first-order chi connectivity index (χ1) is 12.9. The van der Waals surface area contributed by atoms with E-state index in [1.54, 1.807) is 24.3 Å². The molecule has 0 saturated carbocycles. The number of hydrogen-bond donors (Lipinski definition) is 0. The number of rotatable bonds is 7. The summed E-state index contributed by atoms with van der Waals surface area (Å²) in [6.45, 7) is 0.156. The maximum absolute atomic E-state index is 13.2. The number of methoxy groups -OCH3 is 1. The van der Waals surface area contributed by atoms with Crippen LogP contribution in [0.4, 0.5) is 11.4 Å². The van der Waals surface area contributed by atoms with Gasteiger partial charge in [0.1, 0.15) is 5.75 Å². The molecular formula is C18H16N2O5S2. The number of benzene rings is 2. The zero-order chi connectivity index (χ0) is 19.4. The fraction of sp³-hybridized carbons (Fsp3) is 0.111. The topological polar surface area (TPSA) is 89.8 Å². The summed E-state index contributed by atoms with van der Waals surface area (Å²) >= 11 is 1.45. The Kier molecular flexibility index (Phi) is 5.43. The van der Waals surface area contributed by atoms with Crippen LogP contribution in [0.15, 0.2) is 70.9 Å². The smallest absolute Gasteiger partial charge is 0.269 e. The largest absolute Gasteiger partial charge is 0.497 e. The van der Waals surface area contributed by atoms with E-state index in [1.807, 2.05) is 17.5 Å². The highest BCUT2D eigenvalue weighted by atomic mass is 32.2. The van der Waals surface area contributed by atoms with Gasteiger partial charge >= 0.3 is 0 Å². The SMILES string of the molecule is COc1ccc(N(Cc2cccs2)S(=O)(=O)c2ccc([N+](=O)[O-])cc2)cc1. The van der Waals surface area contributed by atoms with E-state index in [2.05, 4.69) is 0 Å². The van der Waals surface area contributed by atoms with Gasteiger partial charge in [0.05, 0.1) is 29.2 Å². The molecule has 0 aliphatic rings. The third-order valence-corrected chi connectivity index (χ3v) is 6.52. The summed E-state index contributed by atoms with van der Waals surface area (Å²) in [7, 11) is -2.38. The van der Waals surface area contributed by atoms with Crippen molar-refractivity contribution in [3.05, 3.63) is 81.0 Å². The number of non-ortho nitro benzene ring substituents is 1. The molecule has 140 valence electrons. The molecule has 0 N–H and O–H groups in total. The lowest BCUT2D eigenvalue weighted by molar-refractivity contribution is -0.384. The van der Waals surface area contributed by atoms with E-state index < -0.39 is 14.9 Å². The Morgan fingerprint density at radius 2 is 1.74 bits per heavy atom. The van der Waals surface area contributed by atoms with Gasteiger partial charge in [-0.2, -0.15) is 0 Å². The minimum absolute atomic E-state index is 0.0134. The first-order valence-electron chi connectivity index (χ1n) is 7.85. The second-order valence-corrected chi connectivity index (χ2v) is 8.43. The summed E-state index contributed by atoms with van der Waals surface area (Å²) in [5, 5.41) is 12.7. The summed E-state index contributed by atoms with van der Waals surface area (Å²) in [5.41, 5.74) is 0.311. The summed E-state index contributed by atoms with van der Waals surface area (Å²) in [6, 6.07) is 15.3. The molecule has 0 aliphatic heterocycles. The lowest BCUT2D eigenvalue weighted by Crippen LogP contribution is -2.30. The van der Waals surface area contributed by atoms with Crippen molar-refractivity contribution in [1.29, 1.82) is 0 Å². The molecule has 0 spiro atoms. The third kappa shape index (κ3) is 4.09. The maximum atomic E-state index is 13.2. The standard InChI is InChI=1S/C18H16N2O5S2/c1-25-16-8-4-14(5-9-16)19(13-17-3-2-12-26-17)27(23,24)18-10-6-15(7-11-18)20(21)22/h2-12H,13H2,1H3. The molecule has 3 aromatic rings. The van der Waals surface area contributed by atoms with Crippen LogP contribution in [-0.2, 0) is 16.6 Å². The van der Waals surface area contributed by atoms with Crippen LogP contribution >= 0.6 is 11.3 Å². The van der Waals surface area contributed by atoms with E-state index in [0.717, 1.165) is 4.88 Å². The molecule has 7 nitrogen and oxygen atoms in total. The lowest BCUT2D eigenvalue weighted by atomic mass is 10.3. The molecule has 3 rings (SSSR count). The summed E-state index contributed by atoms with van der Waals surface area (Å²) in [4.78, 5) is 11.1. The number of nitrogens with zero attached hydrogens (tertiary/aromatic N) is 2. The van der Waals surface area contributed by atoms with Gasteiger partial charge in [-0.25, -0.2) is 8.42 Å². The molecule has 0 aliphatic carbocycles. The first kappa shape index (κ1) is 18.9. The van der Waals surface area contributed by atoms with E-state index in [9.17, 15) is 18.5 Å². The minimum Gasteiger partial charge on any atom is -0.497 e. The van der Waals surface area contributed by atoms with Crippen LogP contribution in [0.5, 0.6) is 5.75 Å². The lowest BCUT2D eigenvalue weighted by Gasteiger charge is -2.24. The third-order valence-electron chi connectivity index (χ3n) is 3.88. The van der Waals surface area contributed by atoms with Crippen LogP contribution in [0.25, 0.3) is 0 Å².